The maximum atomic E-state index is 12.7. The smallest absolute Gasteiger partial charge is 0.243 e. The lowest BCUT2D eigenvalue weighted by Gasteiger charge is -2.18. The molecule has 0 atom stereocenters. The van der Waals surface area contributed by atoms with Crippen molar-refractivity contribution in [3.05, 3.63) is 48.0 Å². The van der Waals surface area contributed by atoms with Gasteiger partial charge in [0.1, 0.15) is 5.75 Å². The Morgan fingerprint density at radius 2 is 1.69 bits per heavy atom. The number of nitrogens with one attached hydrogen (secondary N) is 1. The molecule has 0 aliphatic carbocycles. The number of carbonyl (C=O) groups excluding carboxylic acids is 1. The molecule has 0 saturated heterocycles. The highest BCUT2D eigenvalue weighted by molar-refractivity contribution is 7.89. The highest BCUT2D eigenvalue weighted by Gasteiger charge is 2.24. The van der Waals surface area contributed by atoms with E-state index in [0.717, 1.165) is 15.6 Å². The van der Waals surface area contributed by atoms with E-state index in [1.165, 1.54) is 39.5 Å². The summed E-state index contributed by atoms with van der Waals surface area (Å²) in [7, 11) is 0.372. The van der Waals surface area contributed by atoms with Gasteiger partial charge in [-0.15, -0.1) is 0 Å². The number of rotatable bonds is 10. The lowest BCUT2D eigenvalue weighted by atomic mass is 10.2. The molecule has 0 aliphatic heterocycles. The van der Waals surface area contributed by atoms with Crippen LogP contribution in [0.3, 0.4) is 0 Å². The minimum Gasteiger partial charge on any atom is -0.494 e. The van der Waals surface area contributed by atoms with Gasteiger partial charge in [-0.25, -0.2) is 8.42 Å². The monoisotopic (exact) mass is 422 g/mol. The van der Waals surface area contributed by atoms with Gasteiger partial charge >= 0.3 is 0 Å². The number of amides is 1. The van der Waals surface area contributed by atoms with Gasteiger partial charge in [0.2, 0.25) is 15.9 Å². The van der Waals surface area contributed by atoms with E-state index in [2.05, 4.69) is 5.32 Å². The number of hydrogen-bond acceptors (Lipinski definition) is 6. The number of carbonyl (C=O) groups is 1. The lowest BCUT2D eigenvalue weighted by Crippen LogP contribution is -2.38. The Labute approximate surface area is 171 Å². The maximum Gasteiger partial charge on any atom is 0.243 e. The van der Waals surface area contributed by atoms with Gasteiger partial charge in [-0.1, -0.05) is 12.1 Å². The fourth-order valence-corrected chi connectivity index (χ4v) is 3.71. The van der Waals surface area contributed by atoms with Gasteiger partial charge < -0.3 is 19.5 Å². The predicted molar refractivity (Wildman–Crippen MR) is 109 cm³/mol. The van der Waals surface area contributed by atoms with Crippen LogP contribution in [0.1, 0.15) is 12.5 Å². The zero-order valence-corrected chi connectivity index (χ0v) is 17.8. The van der Waals surface area contributed by atoms with Gasteiger partial charge in [-0.05, 0) is 36.8 Å². The summed E-state index contributed by atoms with van der Waals surface area (Å²) in [6.07, 6.45) is 0. The third kappa shape index (κ3) is 5.85. The van der Waals surface area contributed by atoms with Crippen molar-refractivity contribution in [2.24, 2.45) is 0 Å². The molecule has 2 rings (SSSR count). The molecular weight excluding hydrogens is 396 g/mol. The van der Waals surface area contributed by atoms with Crippen LogP contribution in [0.2, 0.25) is 0 Å². The summed E-state index contributed by atoms with van der Waals surface area (Å²) in [6.45, 7) is 2.46. The Balaban J connectivity index is 1.99. The number of likely N-dealkylation sites (N-methyl/N-ethyl adjacent to an activating group) is 1. The minimum atomic E-state index is -3.87. The largest absolute Gasteiger partial charge is 0.494 e. The van der Waals surface area contributed by atoms with Crippen molar-refractivity contribution < 1.29 is 27.4 Å². The SMILES string of the molecule is CCOc1ccc(CNC(=O)CN(C)S(=O)(=O)c2ccc(OC)c(OC)c2)cc1. The van der Waals surface area contributed by atoms with E-state index < -0.39 is 15.9 Å². The maximum absolute atomic E-state index is 12.7. The molecule has 9 heteroatoms. The Kier molecular flexibility index (Phi) is 7.86. The second-order valence-corrected chi connectivity index (χ2v) is 8.18. The van der Waals surface area contributed by atoms with Crippen LogP contribution in [-0.4, -0.2) is 53.0 Å². The second-order valence-electron chi connectivity index (χ2n) is 6.13. The molecule has 0 saturated carbocycles. The summed E-state index contributed by atoms with van der Waals surface area (Å²) < 4.78 is 42.1. The summed E-state index contributed by atoms with van der Waals surface area (Å²) >= 11 is 0. The van der Waals surface area contributed by atoms with Crippen LogP contribution < -0.4 is 19.5 Å². The van der Waals surface area contributed by atoms with Crippen LogP contribution in [-0.2, 0) is 21.4 Å². The summed E-state index contributed by atoms with van der Waals surface area (Å²) in [5.74, 6) is 1.05. The number of benzene rings is 2. The van der Waals surface area contributed by atoms with E-state index in [0.29, 0.717) is 18.1 Å². The Morgan fingerprint density at radius 3 is 2.28 bits per heavy atom. The minimum absolute atomic E-state index is 0.0111. The first-order valence-electron chi connectivity index (χ1n) is 8.98. The quantitative estimate of drug-likeness (QED) is 0.630. The van der Waals surface area contributed by atoms with Gasteiger partial charge in [0, 0.05) is 19.7 Å². The van der Waals surface area contributed by atoms with Crippen molar-refractivity contribution in [1.29, 1.82) is 0 Å². The van der Waals surface area contributed by atoms with Gasteiger partial charge in [-0.3, -0.25) is 4.79 Å². The van der Waals surface area contributed by atoms with Crippen LogP contribution in [0.4, 0.5) is 0 Å². The van der Waals surface area contributed by atoms with Gasteiger partial charge in [0.05, 0.1) is 32.3 Å². The fraction of sp³-hybridized carbons (Fsp3) is 0.350. The van der Waals surface area contributed by atoms with Crippen LogP contribution >= 0.6 is 0 Å². The third-order valence-corrected chi connectivity index (χ3v) is 5.95. The first kappa shape index (κ1) is 22.5. The van der Waals surface area contributed by atoms with Gasteiger partial charge in [0.15, 0.2) is 11.5 Å². The molecule has 0 radical (unpaired) electrons. The second kappa shape index (κ2) is 10.1. The zero-order valence-electron chi connectivity index (χ0n) is 17.0. The van der Waals surface area contributed by atoms with E-state index in [-0.39, 0.29) is 18.0 Å². The van der Waals surface area contributed by atoms with E-state index in [1.807, 2.05) is 31.2 Å². The first-order valence-corrected chi connectivity index (χ1v) is 10.4. The zero-order chi connectivity index (χ0) is 21.4. The standard InChI is InChI=1S/C20H26N2O6S/c1-5-28-16-8-6-15(7-9-16)13-21-20(23)14-22(2)29(24,25)17-10-11-18(26-3)19(12-17)27-4/h6-12H,5,13-14H2,1-4H3,(H,21,23). The normalized spacial score (nSPS) is 11.2. The number of nitrogens with zero attached hydrogens (tertiary/aromatic N) is 1. The molecule has 0 spiro atoms. The summed E-state index contributed by atoms with van der Waals surface area (Å²) in [4.78, 5) is 12.2. The van der Waals surface area contributed by atoms with E-state index >= 15 is 0 Å². The number of ether oxygens (including phenoxy) is 3. The van der Waals surface area contributed by atoms with Crippen LogP contribution in [0.25, 0.3) is 0 Å². The molecule has 8 nitrogen and oxygen atoms in total. The highest BCUT2D eigenvalue weighted by atomic mass is 32.2. The summed E-state index contributed by atoms with van der Waals surface area (Å²) in [6, 6.07) is 11.6. The average Bonchev–Trinajstić information content (AvgIpc) is 2.72. The van der Waals surface area contributed by atoms with Crippen molar-refractivity contribution in [1.82, 2.24) is 9.62 Å². The topological polar surface area (TPSA) is 94.2 Å². The molecular formula is C20H26N2O6S. The molecule has 0 unspecified atom stereocenters. The Bertz CT molecular complexity index is 928. The fourth-order valence-electron chi connectivity index (χ4n) is 2.57. The predicted octanol–water partition coefficient (Wildman–Crippen LogP) is 2.04. The highest BCUT2D eigenvalue weighted by Crippen LogP contribution is 2.30. The number of methoxy groups -OCH3 is 2. The molecule has 0 aromatic heterocycles. The Hall–Kier alpha value is -2.78. The molecule has 1 N–H and O–H groups in total. The molecule has 0 bridgehead atoms. The summed E-state index contributed by atoms with van der Waals surface area (Å²) in [5, 5.41) is 2.72. The molecule has 0 aliphatic rings. The molecule has 2 aromatic rings. The van der Waals surface area contributed by atoms with Crippen LogP contribution in [0.5, 0.6) is 17.2 Å². The molecule has 0 heterocycles. The van der Waals surface area contributed by atoms with Crippen molar-refractivity contribution in [2.75, 3.05) is 34.4 Å². The molecule has 2 aromatic carbocycles. The number of sulfonamides is 1. The van der Waals surface area contributed by atoms with Crippen molar-refractivity contribution in [3.8, 4) is 17.2 Å². The number of hydrogen-bond donors (Lipinski definition) is 1. The molecule has 29 heavy (non-hydrogen) atoms. The molecule has 0 fully saturated rings. The first-order chi connectivity index (χ1) is 13.8. The van der Waals surface area contributed by atoms with Crippen molar-refractivity contribution in [3.63, 3.8) is 0 Å². The van der Waals surface area contributed by atoms with E-state index in [4.69, 9.17) is 14.2 Å². The average molecular weight is 423 g/mol. The van der Waals surface area contributed by atoms with E-state index in [9.17, 15) is 13.2 Å². The molecule has 158 valence electrons. The van der Waals surface area contributed by atoms with E-state index in [1.54, 1.807) is 0 Å². The van der Waals surface area contributed by atoms with Crippen LogP contribution in [0.15, 0.2) is 47.4 Å². The van der Waals surface area contributed by atoms with Crippen molar-refractivity contribution in [2.45, 2.75) is 18.4 Å². The Morgan fingerprint density at radius 1 is 1.03 bits per heavy atom. The molecule has 1 amide bonds. The van der Waals surface area contributed by atoms with Crippen molar-refractivity contribution >= 4 is 15.9 Å². The van der Waals surface area contributed by atoms with Crippen LogP contribution in [0, 0.1) is 0 Å². The lowest BCUT2D eigenvalue weighted by molar-refractivity contribution is -0.121. The van der Waals surface area contributed by atoms with Gasteiger partial charge in [0.25, 0.3) is 0 Å². The van der Waals surface area contributed by atoms with Gasteiger partial charge in [-0.2, -0.15) is 4.31 Å². The third-order valence-electron chi connectivity index (χ3n) is 4.15. The summed E-state index contributed by atoms with van der Waals surface area (Å²) in [5.41, 5.74) is 0.882.